The van der Waals surface area contributed by atoms with Crippen LogP contribution in [0.5, 0.6) is 0 Å². The second-order valence-corrected chi connectivity index (χ2v) is 8.05. The first-order chi connectivity index (χ1) is 10.2. The van der Waals surface area contributed by atoms with Crippen molar-refractivity contribution in [3.63, 3.8) is 0 Å². The molecule has 21 heavy (non-hydrogen) atoms. The fourth-order valence-electron chi connectivity index (χ4n) is 4.25. The lowest BCUT2D eigenvalue weighted by atomic mass is 9.69. The van der Waals surface area contributed by atoms with E-state index in [4.69, 9.17) is 4.74 Å². The lowest BCUT2D eigenvalue weighted by Gasteiger charge is -2.44. The summed E-state index contributed by atoms with van der Waals surface area (Å²) in [5, 5.41) is 3.85. The van der Waals surface area contributed by atoms with E-state index in [1.807, 2.05) is 7.11 Å². The van der Waals surface area contributed by atoms with Gasteiger partial charge in [-0.1, -0.05) is 19.8 Å². The van der Waals surface area contributed by atoms with Crippen molar-refractivity contribution in [1.82, 2.24) is 10.2 Å². The van der Waals surface area contributed by atoms with Crippen LogP contribution in [0.15, 0.2) is 0 Å². The molecule has 122 valence electrons. The van der Waals surface area contributed by atoms with E-state index in [1.165, 1.54) is 64.5 Å². The molecule has 3 rings (SSSR count). The van der Waals surface area contributed by atoms with E-state index in [2.05, 4.69) is 17.1 Å². The fourth-order valence-corrected chi connectivity index (χ4v) is 4.25. The van der Waals surface area contributed by atoms with Gasteiger partial charge in [0.1, 0.15) is 0 Å². The van der Waals surface area contributed by atoms with Crippen LogP contribution in [0.4, 0.5) is 0 Å². The molecule has 0 aromatic carbocycles. The minimum Gasteiger partial charge on any atom is -0.383 e. The average molecular weight is 294 g/mol. The zero-order chi connectivity index (χ0) is 14.7. The molecule has 0 spiro atoms. The van der Waals surface area contributed by atoms with E-state index in [9.17, 15) is 0 Å². The van der Waals surface area contributed by atoms with Crippen molar-refractivity contribution in [3.05, 3.63) is 0 Å². The summed E-state index contributed by atoms with van der Waals surface area (Å²) >= 11 is 0. The molecule has 3 heteroatoms. The van der Waals surface area contributed by atoms with Crippen molar-refractivity contribution >= 4 is 0 Å². The number of hydrogen-bond donors (Lipinski definition) is 1. The molecule has 0 aromatic rings. The van der Waals surface area contributed by atoms with Crippen molar-refractivity contribution in [2.45, 2.75) is 70.4 Å². The maximum absolute atomic E-state index is 5.34. The van der Waals surface area contributed by atoms with Crippen molar-refractivity contribution in [2.24, 2.45) is 11.3 Å². The Bertz CT molecular complexity index is 327. The largest absolute Gasteiger partial charge is 0.383 e. The van der Waals surface area contributed by atoms with Crippen LogP contribution in [-0.4, -0.2) is 50.3 Å². The molecule has 3 fully saturated rings. The Morgan fingerprint density at radius 2 is 2.00 bits per heavy atom. The number of hydrogen-bond acceptors (Lipinski definition) is 3. The molecule has 1 N–H and O–H groups in total. The standard InChI is InChI=1S/C18H34N2O/c1-15-4-3-9-18(12-15,13-19-16-5-6-16)14-20(10-11-21-2)17-7-8-17/h15-17,19H,3-14H2,1-2H3. The maximum Gasteiger partial charge on any atom is 0.0589 e. The number of ether oxygens (including phenoxy) is 1. The monoisotopic (exact) mass is 294 g/mol. The third-order valence-electron chi connectivity index (χ3n) is 5.71. The van der Waals surface area contributed by atoms with Gasteiger partial charge in [-0.15, -0.1) is 0 Å². The molecule has 0 saturated heterocycles. The van der Waals surface area contributed by atoms with Gasteiger partial charge in [0.05, 0.1) is 6.61 Å². The molecule has 3 aliphatic rings. The lowest BCUT2D eigenvalue weighted by molar-refractivity contribution is 0.0590. The summed E-state index contributed by atoms with van der Waals surface area (Å²) < 4.78 is 5.34. The normalized spacial score (nSPS) is 33.6. The predicted octanol–water partition coefficient (Wildman–Crippen LogP) is 3.05. The van der Waals surface area contributed by atoms with Gasteiger partial charge in [0.25, 0.3) is 0 Å². The second kappa shape index (κ2) is 6.97. The lowest BCUT2D eigenvalue weighted by Crippen LogP contribution is -2.48. The van der Waals surface area contributed by atoms with Gasteiger partial charge in [-0.3, -0.25) is 4.90 Å². The van der Waals surface area contributed by atoms with Crippen LogP contribution < -0.4 is 5.32 Å². The van der Waals surface area contributed by atoms with Crippen molar-refractivity contribution < 1.29 is 4.74 Å². The molecule has 2 unspecified atom stereocenters. The Balaban J connectivity index is 1.61. The Labute approximate surface area is 130 Å². The molecule has 0 amide bonds. The van der Waals surface area contributed by atoms with E-state index in [-0.39, 0.29) is 0 Å². The molecule has 0 aliphatic heterocycles. The molecule has 0 radical (unpaired) electrons. The van der Waals surface area contributed by atoms with Gasteiger partial charge >= 0.3 is 0 Å². The summed E-state index contributed by atoms with van der Waals surface area (Å²) in [6.45, 7) is 7.02. The van der Waals surface area contributed by atoms with Crippen molar-refractivity contribution in [2.75, 3.05) is 33.4 Å². The summed E-state index contributed by atoms with van der Waals surface area (Å²) in [6.07, 6.45) is 11.3. The summed E-state index contributed by atoms with van der Waals surface area (Å²) in [5.41, 5.74) is 0.524. The first kappa shape index (κ1) is 15.8. The predicted molar refractivity (Wildman–Crippen MR) is 87.6 cm³/mol. The summed E-state index contributed by atoms with van der Waals surface area (Å²) in [6, 6.07) is 1.70. The van der Waals surface area contributed by atoms with Gasteiger partial charge in [-0.25, -0.2) is 0 Å². The second-order valence-electron chi connectivity index (χ2n) is 8.05. The Hall–Kier alpha value is -0.120. The third-order valence-corrected chi connectivity index (χ3v) is 5.71. The van der Waals surface area contributed by atoms with Crippen LogP contribution in [0.1, 0.15) is 58.3 Å². The molecule has 0 heterocycles. The molecule has 0 aromatic heterocycles. The zero-order valence-electron chi connectivity index (χ0n) is 14.1. The van der Waals surface area contributed by atoms with Crippen molar-refractivity contribution in [1.29, 1.82) is 0 Å². The number of nitrogens with one attached hydrogen (secondary N) is 1. The smallest absolute Gasteiger partial charge is 0.0589 e. The van der Waals surface area contributed by atoms with E-state index in [0.29, 0.717) is 5.41 Å². The van der Waals surface area contributed by atoms with E-state index < -0.39 is 0 Å². The minimum absolute atomic E-state index is 0.524. The minimum atomic E-state index is 0.524. The molecule has 3 saturated carbocycles. The van der Waals surface area contributed by atoms with Gasteiger partial charge in [0.15, 0.2) is 0 Å². The van der Waals surface area contributed by atoms with Gasteiger partial charge in [-0.05, 0) is 49.9 Å². The third kappa shape index (κ3) is 4.67. The highest BCUT2D eigenvalue weighted by atomic mass is 16.5. The number of methoxy groups -OCH3 is 1. The zero-order valence-corrected chi connectivity index (χ0v) is 14.1. The van der Waals surface area contributed by atoms with E-state index >= 15 is 0 Å². The van der Waals surface area contributed by atoms with Gasteiger partial charge in [-0.2, -0.15) is 0 Å². The Kier molecular flexibility index (Phi) is 5.23. The van der Waals surface area contributed by atoms with E-state index in [0.717, 1.165) is 31.2 Å². The highest BCUT2D eigenvalue weighted by Gasteiger charge is 2.40. The first-order valence-electron chi connectivity index (χ1n) is 9.17. The molecular weight excluding hydrogens is 260 g/mol. The summed E-state index contributed by atoms with van der Waals surface area (Å²) in [5.74, 6) is 0.906. The van der Waals surface area contributed by atoms with Crippen molar-refractivity contribution in [3.8, 4) is 0 Å². The molecule has 0 bridgehead atoms. The number of rotatable bonds is 9. The molecular formula is C18H34N2O. The summed E-state index contributed by atoms with van der Waals surface area (Å²) in [7, 11) is 1.83. The topological polar surface area (TPSA) is 24.5 Å². The van der Waals surface area contributed by atoms with Crippen LogP contribution in [0, 0.1) is 11.3 Å². The Morgan fingerprint density at radius 3 is 2.62 bits per heavy atom. The van der Waals surface area contributed by atoms with Crippen LogP contribution in [-0.2, 0) is 4.74 Å². The fraction of sp³-hybridized carbons (Fsp3) is 1.00. The van der Waals surface area contributed by atoms with Gasteiger partial charge < -0.3 is 10.1 Å². The van der Waals surface area contributed by atoms with Gasteiger partial charge in [0, 0.05) is 38.8 Å². The van der Waals surface area contributed by atoms with E-state index in [1.54, 1.807) is 0 Å². The molecule has 3 nitrogen and oxygen atoms in total. The highest BCUT2D eigenvalue weighted by Crippen LogP contribution is 2.42. The van der Waals surface area contributed by atoms with Crippen LogP contribution in [0.3, 0.4) is 0 Å². The van der Waals surface area contributed by atoms with Crippen LogP contribution >= 0.6 is 0 Å². The quantitative estimate of drug-likeness (QED) is 0.707. The van der Waals surface area contributed by atoms with Crippen LogP contribution in [0.2, 0.25) is 0 Å². The van der Waals surface area contributed by atoms with Crippen LogP contribution in [0.25, 0.3) is 0 Å². The Morgan fingerprint density at radius 1 is 1.19 bits per heavy atom. The SMILES string of the molecule is COCCN(CC1(CNC2CC2)CCCC(C)C1)C1CC1. The summed E-state index contributed by atoms with van der Waals surface area (Å²) in [4.78, 5) is 2.75. The highest BCUT2D eigenvalue weighted by molar-refractivity contribution is 4.95. The maximum atomic E-state index is 5.34. The molecule has 3 aliphatic carbocycles. The first-order valence-corrected chi connectivity index (χ1v) is 9.17. The molecule has 2 atom stereocenters. The average Bonchev–Trinajstić information content (AvgIpc) is 3.35. The number of nitrogens with zero attached hydrogens (tertiary/aromatic N) is 1. The van der Waals surface area contributed by atoms with Gasteiger partial charge in [0.2, 0.25) is 0 Å².